The van der Waals surface area contributed by atoms with E-state index in [4.69, 9.17) is 33.7 Å². The lowest BCUT2D eigenvalue weighted by Crippen LogP contribution is -2.35. The quantitative estimate of drug-likeness (QED) is 0.816. The van der Waals surface area contributed by atoms with Gasteiger partial charge in [-0.2, -0.15) is 0 Å². The first kappa shape index (κ1) is 15.6. The Morgan fingerprint density at radius 2 is 1.89 bits per heavy atom. The van der Waals surface area contributed by atoms with Crippen molar-refractivity contribution in [2.75, 3.05) is 26.0 Å². The molecule has 102 valence electrons. The topological polar surface area (TPSA) is 38.5 Å². The van der Waals surface area contributed by atoms with Gasteiger partial charge in [-0.3, -0.25) is 4.90 Å². The van der Waals surface area contributed by atoms with Gasteiger partial charge >= 0.3 is 0 Å². The average Bonchev–Trinajstić information content (AvgIpc) is 2.33. The van der Waals surface area contributed by atoms with E-state index in [1.54, 1.807) is 7.11 Å². The molecule has 0 radical (unpaired) electrons. The van der Waals surface area contributed by atoms with Crippen molar-refractivity contribution in [3.8, 4) is 0 Å². The van der Waals surface area contributed by atoms with Gasteiger partial charge in [-0.15, -0.1) is 0 Å². The van der Waals surface area contributed by atoms with Gasteiger partial charge in [0.15, 0.2) is 0 Å². The molecule has 0 aromatic heterocycles. The molecule has 5 heteroatoms. The van der Waals surface area contributed by atoms with Crippen LogP contribution in [0.2, 0.25) is 10.0 Å². The van der Waals surface area contributed by atoms with E-state index in [1.807, 2.05) is 12.1 Å². The summed E-state index contributed by atoms with van der Waals surface area (Å²) in [6, 6.07) is 4.07. The molecule has 1 atom stereocenters. The summed E-state index contributed by atoms with van der Waals surface area (Å²) >= 11 is 12.1. The first-order valence-corrected chi connectivity index (χ1v) is 6.71. The summed E-state index contributed by atoms with van der Waals surface area (Å²) in [7, 11) is 1.71. The molecule has 1 unspecified atom stereocenters. The summed E-state index contributed by atoms with van der Waals surface area (Å²) in [6.07, 6.45) is 0. The molecule has 2 N–H and O–H groups in total. The van der Waals surface area contributed by atoms with Crippen LogP contribution in [0.5, 0.6) is 0 Å². The Morgan fingerprint density at radius 1 is 1.33 bits per heavy atom. The Morgan fingerprint density at radius 3 is 2.33 bits per heavy atom. The summed E-state index contributed by atoms with van der Waals surface area (Å²) in [5, 5.41) is 1.01. The number of nitrogens with two attached hydrogens (primary N) is 1. The Balaban J connectivity index is 2.82. The van der Waals surface area contributed by atoms with Crippen LogP contribution in [-0.4, -0.2) is 31.2 Å². The standard InChI is InChI=1S/C13H20Cl2N2O/c1-4-17(9(2)8-18-3)7-10-5-11(14)13(16)12(15)6-10/h5-6,9H,4,7-8,16H2,1-3H3. The Kier molecular flexibility index (Phi) is 6.22. The maximum atomic E-state index is 6.03. The maximum absolute atomic E-state index is 6.03. The van der Waals surface area contributed by atoms with E-state index in [9.17, 15) is 0 Å². The average molecular weight is 291 g/mol. The number of halogens is 2. The molecule has 0 saturated carbocycles. The van der Waals surface area contributed by atoms with Crippen LogP contribution < -0.4 is 5.73 Å². The smallest absolute Gasteiger partial charge is 0.0693 e. The predicted molar refractivity (Wildman–Crippen MR) is 78.3 cm³/mol. The number of rotatable bonds is 6. The number of hydrogen-bond acceptors (Lipinski definition) is 3. The summed E-state index contributed by atoms with van der Waals surface area (Å²) in [4.78, 5) is 2.29. The molecular formula is C13H20Cl2N2O. The lowest BCUT2D eigenvalue weighted by molar-refractivity contribution is 0.0982. The molecule has 0 aliphatic carbocycles. The van der Waals surface area contributed by atoms with Crippen LogP contribution in [0, 0.1) is 0 Å². The van der Waals surface area contributed by atoms with Crippen molar-refractivity contribution in [1.82, 2.24) is 4.90 Å². The second kappa shape index (κ2) is 7.19. The van der Waals surface area contributed by atoms with Crippen molar-refractivity contribution in [3.05, 3.63) is 27.7 Å². The minimum atomic E-state index is 0.343. The maximum Gasteiger partial charge on any atom is 0.0693 e. The van der Waals surface area contributed by atoms with Gasteiger partial charge in [0.25, 0.3) is 0 Å². The highest BCUT2D eigenvalue weighted by Crippen LogP contribution is 2.29. The van der Waals surface area contributed by atoms with Gasteiger partial charge in [-0.05, 0) is 31.2 Å². The lowest BCUT2D eigenvalue weighted by Gasteiger charge is -2.27. The van der Waals surface area contributed by atoms with Gasteiger partial charge in [0.05, 0.1) is 22.3 Å². The number of nitrogen functional groups attached to an aromatic ring is 1. The molecule has 0 spiro atoms. The van der Waals surface area contributed by atoms with E-state index in [0.717, 1.165) is 18.7 Å². The van der Waals surface area contributed by atoms with Crippen LogP contribution in [0.3, 0.4) is 0 Å². The zero-order valence-corrected chi connectivity index (χ0v) is 12.6. The second-order valence-corrected chi connectivity index (χ2v) is 5.16. The van der Waals surface area contributed by atoms with E-state index < -0.39 is 0 Å². The van der Waals surface area contributed by atoms with Crippen molar-refractivity contribution in [3.63, 3.8) is 0 Å². The van der Waals surface area contributed by atoms with Crippen LogP contribution in [0.4, 0.5) is 5.69 Å². The molecule has 0 saturated heterocycles. The number of benzene rings is 1. The third-order valence-electron chi connectivity index (χ3n) is 2.96. The molecule has 1 aromatic carbocycles. The number of nitrogens with zero attached hydrogens (tertiary/aromatic N) is 1. The highest BCUT2D eigenvalue weighted by atomic mass is 35.5. The Hall–Kier alpha value is -0.480. The van der Waals surface area contributed by atoms with Gasteiger partial charge in [-0.25, -0.2) is 0 Å². The normalized spacial score (nSPS) is 13.0. The predicted octanol–water partition coefficient (Wildman–Crippen LogP) is 3.43. The van der Waals surface area contributed by atoms with Gasteiger partial charge < -0.3 is 10.5 Å². The van der Waals surface area contributed by atoms with Gasteiger partial charge in [0, 0.05) is 19.7 Å². The number of likely N-dealkylation sites (N-methyl/N-ethyl adjacent to an activating group) is 1. The van der Waals surface area contributed by atoms with Crippen LogP contribution in [-0.2, 0) is 11.3 Å². The summed E-state index contributed by atoms with van der Waals surface area (Å²) in [6.45, 7) is 6.66. The van der Waals surface area contributed by atoms with Crippen LogP contribution in [0.15, 0.2) is 12.1 Å². The summed E-state index contributed by atoms with van der Waals surface area (Å²) < 4.78 is 5.18. The van der Waals surface area contributed by atoms with Crippen molar-refractivity contribution in [2.45, 2.75) is 26.4 Å². The van der Waals surface area contributed by atoms with E-state index in [2.05, 4.69) is 18.7 Å². The molecule has 18 heavy (non-hydrogen) atoms. The zero-order chi connectivity index (χ0) is 13.7. The third-order valence-corrected chi connectivity index (χ3v) is 3.59. The summed E-state index contributed by atoms with van der Waals surface area (Å²) in [5.41, 5.74) is 7.22. The van der Waals surface area contributed by atoms with Crippen LogP contribution in [0.25, 0.3) is 0 Å². The van der Waals surface area contributed by atoms with E-state index in [1.165, 1.54) is 0 Å². The van der Waals surface area contributed by atoms with Gasteiger partial charge in [0.2, 0.25) is 0 Å². The molecule has 1 aromatic rings. The first-order chi connectivity index (χ1) is 8.49. The van der Waals surface area contributed by atoms with Crippen molar-refractivity contribution in [1.29, 1.82) is 0 Å². The number of ether oxygens (including phenoxy) is 1. The van der Waals surface area contributed by atoms with E-state index in [0.29, 0.717) is 28.4 Å². The molecule has 0 heterocycles. The highest BCUT2D eigenvalue weighted by molar-refractivity contribution is 6.38. The fourth-order valence-corrected chi connectivity index (χ4v) is 2.42. The van der Waals surface area contributed by atoms with Crippen LogP contribution >= 0.6 is 23.2 Å². The van der Waals surface area contributed by atoms with E-state index >= 15 is 0 Å². The Labute approximate surface area is 119 Å². The van der Waals surface area contributed by atoms with Gasteiger partial charge in [0.1, 0.15) is 0 Å². The fraction of sp³-hybridized carbons (Fsp3) is 0.538. The molecule has 0 aliphatic heterocycles. The minimum Gasteiger partial charge on any atom is -0.396 e. The zero-order valence-electron chi connectivity index (χ0n) is 11.0. The summed E-state index contributed by atoms with van der Waals surface area (Å²) in [5.74, 6) is 0. The molecule has 1 rings (SSSR count). The van der Waals surface area contributed by atoms with Crippen molar-refractivity contribution < 1.29 is 4.74 Å². The van der Waals surface area contributed by atoms with Crippen molar-refractivity contribution >= 4 is 28.9 Å². The minimum absolute atomic E-state index is 0.343. The molecule has 0 amide bonds. The monoisotopic (exact) mass is 290 g/mol. The molecule has 0 fully saturated rings. The second-order valence-electron chi connectivity index (χ2n) is 4.34. The van der Waals surface area contributed by atoms with Crippen molar-refractivity contribution in [2.24, 2.45) is 0 Å². The fourth-order valence-electron chi connectivity index (χ4n) is 1.89. The number of hydrogen-bond donors (Lipinski definition) is 1. The highest BCUT2D eigenvalue weighted by Gasteiger charge is 2.13. The molecule has 3 nitrogen and oxygen atoms in total. The molecular weight excluding hydrogens is 271 g/mol. The largest absolute Gasteiger partial charge is 0.396 e. The molecule has 0 aliphatic rings. The van der Waals surface area contributed by atoms with E-state index in [-0.39, 0.29) is 0 Å². The molecule has 0 bridgehead atoms. The Bertz CT molecular complexity index is 376. The first-order valence-electron chi connectivity index (χ1n) is 5.96. The number of methoxy groups -OCH3 is 1. The third kappa shape index (κ3) is 4.02. The SMILES string of the molecule is CCN(Cc1cc(Cl)c(N)c(Cl)c1)C(C)COC. The van der Waals surface area contributed by atoms with Gasteiger partial charge in [-0.1, -0.05) is 30.1 Å². The van der Waals surface area contributed by atoms with Crippen LogP contribution in [0.1, 0.15) is 19.4 Å². The lowest BCUT2D eigenvalue weighted by atomic mass is 10.1. The number of anilines is 1.